The molecule has 0 fully saturated rings. The summed E-state index contributed by atoms with van der Waals surface area (Å²) >= 11 is 0. The van der Waals surface area contributed by atoms with Crippen molar-refractivity contribution >= 4 is 23.4 Å². The molecule has 1 aliphatic heterocycles. The van der Waals surface area contributed by atoms with Crippen molar-refractivity contribution in [1.29, 1.82) is 0 Å². The molecule has 1 aliphatic rings. The minimum Gasteiger partial charge on any atom is -0.423 e. The predicted octanol–water partition coefficient (Wildman–Crippen LogP) is 2.10. The van der Waals surface area contributed by atoms with Gasteiger partial charge in [0.05, 0.1) is 0 Å². The van der Waals surface area contributed by atoms with Crippen molar-refractivity contribution < 1.29 is 10.0 Å². The molecular weight excluding hydrogens is 297 g/mol. The smallest absolute Gasteiger partial charge is 0.423 e. The number of likely N-dealkylation sites (N-methyl/N-ethyl adjacent to an activating group) is 1. The van der Waals surface area contributed by atoms with Gasteiger partial charge in [-0.25, -0.2) is 0 Å². The Bertz CT molecular complexity index is 894. The highest BCUT2D eigenvalue weighted by molar-refractivity contribution is 6.58. The molecule has 120 valence electrons. The average Bonchev–Trinajstić information content (AvgIpc) is 2.60. The summed E-state index contributed by atoms with van der Waals surface area (Å²) in [5.41, 5.74) is 4.32. The van der Waals surface area contributed by atoms with E-state index >= 15 is 0 Å². The second kappa shape index (κ2) is 6.06. The molecule has 0 radical (unpaired) electrons. The monoisotopic (exact) mass is 317 g/mol. The van der Waals surface area contributed by atoms with Gasteiger partial charge in [0.15, 0.2) is 0 Å². The molecule has 3 aromatic rings. The number of hydrogen-bond donors (Lipinski definition) is 2. The Morgan fingerprint density at radius 2 is 1.75 bits per heavy atom. The highest BCUT2D eigenvalue weighted by atomic mass is 16.4. The molecule has 4 rings (SSSR count). The van der Waals surface area contributed by atoms with Gasteiger partial charge in [0.25, 0.3) is 0 Å². The zero-order chi connectivity index (χ0) is 16.7. The highest BCUT2D eigenvalue weighted by Crippen LogP contribution is 2.33. The van der Waals surface area contributed by atoms with Crippen molar-refractivity contribution in [2.75, 3.05) is 13.6 Å². The molecule has 3 aromatic carbocycles. The normalized spacial score (nSPS) is 17.7. The molecule has 0 bridgehead atoms. The van der Waals surface area contributed by atoms with Crippen molar-refractivity contribution in [3.8, 4) is 0 Å². The molecule has 1 atom stereocenters. The van der Waals surface area contributed by atoms with E-state index in [1.165, 1.54) is 27.5 Å². The van der Waals surface area contributed by atoms with Gasteiger partial charge in [-0.3, -0.25) is 0 Å². The van der Waals surface area contributed by atoms with Gasteiger partial charge >= 0.3 is 7.12 Å². The minimum atomic E-state index is -1.42. The van der Waals surface area contributed by atoms with Gasteiger partial charge in [-0.2, -0.15) is 0 Å². The van der Waals surface area contributed by atoms with Gasteiger partial charge in [-0.1, -0.05) is 60.7 Å². The molecule has 3 nitrogen and oxygen atoms in total. The minimum absolute atomic E-state index is 0.299. The van der Waals surface area contributed by atoms with E-state index in [0.717, 1.165) is 13.1 Å². The fraction of sp³-hybridized carbons (Fsp3) is 0.200. The van der Waals surface area contributed by atoms with Gasteiger partial charge < -0.3 is 14.9 Å². The van der Waals surface area contributed by atoms with Crippen molar-refractivity contribution in [2.45, 2.75) is 12.5 Å². The summed E-state index contributed by atoms with van der Waals surface area (Å²) < 4.78 is 0. The maximum Gasteiger partial charge on any atom is 0.488 e. The van der Waals surface area contributed by atoms with Crippen LogP contribution in [0.15, 0.2) is 60.7 Å². The summed E-state index contributed by atoms with van der Waals surface area (Å²) in [6.45, 7) is 1.80. The molecule has 0 saturated carbocycles. The molecule has 2 N–H and O–H groups in total. The molecule has 24 heavy (non-hydrogen) atoms. The van der Waals surface area contributed by atoms with Crippen molar-refractivity contribution in [3.05, 3.63) is 77.4 Å². The van der Waals surface area contributed by atoms with E-state index < -0.39 is 7.12 Å². The number of hydrogen-bond acceptors (Lipinski definition) is 3. The van der Waals surface area contributed by atoms with Crippen LogP contribution < -0.4 is 5.46 Å². The zero-order valence-electron chi connectivity index (χ0n) is 13.7. The third kappa shape index (κ3) is 2.73. The van der Waals surface area contributed by atoms with Gasteiger partial charge in [-0.15, -0.1) is 0 Å². The van der Waals surface area contributed by atoms with Crippen LogP contribution in [0.4, 0.5) is 0 Å². The van der Waals surface area contributed by atoms with Crippen LogP contribution in [0.5, 0.6) is 0 Å². The summed E-state index contributed by atoms with van der Waals surface area (Å²) in [7, 11) is 0.695. The number of nitrogens with zero attached hydrogens (tertiary/aromatic N) is 1. The van der Waals surface area contributed by atoms with E-state index in [9.17, 15) is 10.0 Å². The van der Waals surface area contributed by atoms with Crippen LogP contribution in [-0.4, -0.2) is 35.7 Å². The standard InChI is InChI=1S/C20H20BNO2/c1-22-12-17-11-18(21(23)24)8-9-19(17)20(13-22)16-7-6-14-4-2-3-5-15(14)10-16/h2-11,20,23-24H,12-13H2,1H3/t20-/m1/s1. The third-order valence-corrected chi connectivity index (χ3v) is 4.95. The molecule has 0 unspecified atom stereocenters. The summed E-state index contributed by atoms with van der Waals surface area (Å²) in [6, 6.07) is 20.9. The number of rotatable bonds is 2. The largest absolute Gasteiger partial charge is 0.488 e. The molecule has 0 amide bonds. The van der Waals surface area contributed by atoms with Crippen molar-refractivity contribution in [2.24, 2.45) is 0 Å². The second-order valence-electron chi connectivity index (χ2n) is 6.69. The highest BCUT2D eigenvalue weighted by Gasteiger charge is 2.26. The Balaban J connectivity index is 1.80. The maximum atomic E-state index is 9.43. The Labute approximate surface area is 142 Å². The van der Waals surface area contributed by atoms with Gasteiger partial charge in [0.1, 0.15) is 0 Å². The lowest BCUT2D eigenvalue weighted by Gasteiger charge is -2.33. The lowest BCUT2D eigenvalue weighted by Crippen LogP contribution is -2.35. The Morgan fingerprint density at radius 3 is 2.54 bits per heavy atom. The van der Waals surface area contributed by atoms with E-state index in [4.69, 9.17) is 0 Å². The quantitative estimate of drug-likeness (QED) is 0.712. The SMILES string of the molecule is CN1Cc2cc(B(O)O)ccc2[C@@H](c2ccc3ccccc3c2)C1. The first-order valence-corrected chi connectivity index (χ1v) is 8.28. The molecular formula is C20H20BNO2. The van der Waals surface area contributed by atoms with E-state index in [1.54, 1.807) is 0 Å². The van der Waals surface area contributed by atoms with Gasteiger partial charge in [-0.05, 0) is 40.0 Å². The van der Waals surface area contributed by atoms with E-state index in [-0.39, 0.29) is 0 Å². The lowest BCUT2D eigenvalue weighted by atomic mass is 9.76. The van der Waals surface area contributed by atoms with Gasteiger partial charge in [0.2, 0.25) is 0 Å². The maximum absolute atomic E-state index is 9.43. The molecule has 0 aliphatic carbocycles. The number of benzene rings is 3. The van der Waals surface area contributed by atoms with Crippen LogP contribution in [0.25, 0.3) is 10.8 Å². The molecule has 0 aromatic heterocycles. The first-order valence-electron chi connectivity index (χ1n) is 8.28. The van der Waals surface area contributed by atoms with E-state index in [0.29, 0.717) is 11.4 Å². The van der Waals surface area contributed by atoms with Crippen LogP contribution in [-0.2, 0) is 6.54 Å². The van der Waals surface area contributed by atoms with Crippen LogP contribution >= 0.6 is 0 Å². The van der Waals surface area contributed by atoms with Crippen LogP contribution in [0.2, 0.25) is 0 Å². The van der Waals surface area contributed by atoms with E-state index in [2.05, 4.69) is 60.5 Å². The van der Waals surface area contributed by atoms with Crippen LogP contribution in [0.1, 0.15) is 22.6 Å². The summed E-state index contributed by atoms with van der Waals surface area (Å²) in [6.07, 6.45) is 0. The number of fused-ring (bicyclic) bond motifs is 2. The first-order chi connectivity index (χ1) is 11.6. The lowest BCUT2D eigenvalue weighted by molar-refractivity contribution is 0.295. The van der Waals surface area contributed by atoms with Gasteiger partial charge in [0, 0.05) is 19.0 Å². The zero-order valence-corrected chi connectivity index (χ0v) is 13.7. The summed E-state index contributed by atoms with van der Waals surface area (Å²) in [5, 5.41) is 21.4. The molecule has 1 heterocycles. The topological polar surface area (TPSA) is 43.7 Å². The fourth-order valence-electron chi connectivity index (χ4n) is 3.74. The van der Waals surface area contributed by atoms with E-state index in [1.807, 2.05) is 12.1 Å². The molecule has 4 heteroatoms. The molecule has 0 saturated heterocycles. The Hall–Kier alpha value is -2.14. The fourth-order valence-corrected chi connectivity index (χ4v) is 3.74. The predicted molar refractivity (Wildman–Crippen MR) is 98.4 cm³/mol. The Kier molecular flexibility index (Phi) is 3.89. The Morgan fingerprint density at radius 1 is 0.958 bits per heavy atom. The van der Waals surface area contributed by atoms with Crippen molar-refractivity contribution in [3.63, 3.8) is 0 Å². The molecule has 0 spiro atoms. The summed E-state index contributed by atoms with van der Waals surface area (Å²) in [4.78, 5) is 2.29. The third-order valence-electron chi connectivity index (χ3n) is 4.95. The average molecular weight is 317 g/mol. The van der Waals surface area contributed by atoms with Crippen LogP contribution in [0, 0.1) is 0 Å². The van der Waals surface area contributed by atoms with Crippen molar-refractivity contribution in [1.82, 2.24) is 4.90 Å². The first kappa shape index (κ1) is 15.4. The second-order valence-corrected chi connectivity index (χ2v) is 6.69. The van der Waals surface area contributed by atoms with Crippen LogP contribution in [0.3, 0.4) is 0 Å². The summed E-state index contributed by atoms with van der Waals surface area (Å²) in [5.74, 6) is 0.299.